The molecule has 1 aromatic carbocycles. The Balaban J connectivity index is 1.62. The van der Waals surface area contributed by atoms with Crippen molar-refractivity contribution < 1.29 is 19.4 Å². The molecular formula is C24H26FN3O4. The number of aliphatic hydroxyl groups is 1. The zero-order chi connectivity index (χ0) is 22.9. The van der Waals surface area contributed by atoms with Crippen LogP contribution in [-0.4, -0.2) is 37.8 Å². The zero-order valence-corrected chi connectivity index (χ0v) is 17.9. The van der Waals surface area contributed by atoms with Crippen LogP contribution in [0.2, 0.25) is 0 Å². The average molecular weight is 439 g/mol. The molecule has 1 saturated carbocycles. The van der Waals surface area contributed by atoms with E-state index in [0.29, 0.717) is 24.8 Å². The van der Waals surface area contributed by atoms with Crippen LogP contribution in [-0.2, 0) is 13.5 Å². The molecule has 4 rings (SSSR count). The fourth-order valence-corrected chi connectivity index (χ4v) is 4.29. The number of hydrogen-bond donors (Lipinski definition) is 3. The number of rotatable bonds is 5. The molecule has 0 bridgehead atoms. The summed E-state index contributed by atoms with van der Waals surface area (Å²) in [4.78, 5) is 29.9. The Morgan fingerprint density at radius 2 is 1.88 bits per heavy atom. The number of amides is 1. The van der Waals surface area contributed by atoms with E-state index < -0.39 is 28.4 Å². The van der Waals surface area contributed by atoms with Crippen molar-refractivity contribution in [2.75, 3.05) is 6.54 Å². The van der Waals surface area contributed by atoms with Crippen molar-refractivity contribution in [3.05, 3.63) is 69.4 Å². The van der Waals surface area contributed by atoms with E-state index in [-0.39, 0.29) is 17.9 Å². The van der Waals surface area contributed by atoms with E-state index in [2.05, 4.69) is 10.3 Å². The smallest absolute Gasteiger partial charge is 0.267 e. The van der Waals surface area contributed by atoms with Gasteiger partial charge in [-0.25, -0.2) is 4.39 Å². The van der Waals surface area contributed by atoms with E-state index in [4.69, 9.17) is 0 Å². The molecular weight excluding hydrogens is 413 g/mol. The number of aromatic hydroxyl groups is 1. The highest BCUT2D eigenvalue weighted by atomic mass is 19.1. The zero-order valence-electron chi connectivity index (χ0n) is 17.9. The van der Waals surface area contributed by atoms with Crippen molar-refractivity contribution in [2.45, 2.75) is 44.1 Å². The molecule has 3 aromatic rings. The molecule has 32 heavy (non-hydrogen) atoms. The fraction of sp³-hybridized carbons (Fsp3) is 0.375. The first kappa shape index (κ1) is 22.0. The Kier molecular flexibility index (Phi) is 5.97. The predicted octanol–water partition coefficient (Wildman–Crippen LogP) is 2.79. The van der Waals surface area contributed by atoms with Crippen LogP contribution in [0.5, 0.6) is 5.75 Å². The van der Waals surface area contributed by atoms with Gasteiger partial charge in [0, 0.05) is 19.8 Å². The molecule has 1 aliphatic rings. The number of carbonyl (C=O) groups excluding carboxylic acids is 1. The number of hydrogen-bond acceptors (Lipinski definition) is 5. The molecule has 2 aromatic heterocycles. The van der Waals surface area contributed by atoms with Gasteiger partial charge in [-0.05, 0) is 48.6 Å². The molecule has 0 atom stereocenters. The lowest BCUT2D eigenvalue weighted by atomic mass is 9.85. The van der Waals surface area contributed by atoms with Gasteiger partial charge < -0.3 is 20.1 Å². The van der Waals surface area contributed by atoms with E-state index in [9.17, 15) is 24.2 Å². The van der Waals surface area contributed by atoms with Gasteiger partial charge in [-0.15, -0.1) is 0 Å². The molecule has 168 valence electrons. The SMILES string of the molecule is Cn1c(=O)c(C(=O)NCC2(O)CCCCC2)c(O)c2ncc(Cc3ccc(F)cc3)cc21. The third-order valence-electron chi connectivity index (χ3n) is 6.18. The maximum atomic E-state index is 13.1. The average Bonchev–Trinajstić information content (AvgIpc) is 2.78. The van der Waals surface area contributed by atoms with Crippen LogP contribution in [0.25, 0.3) is 11.0 Å². The summed E-state index contributed by atoms with van der Waals surface area (Å²) in [6, 6.07) is 7.81. The van der Waals surface area contributed by atoms with Gasteiger partial charge in [0.05, 0.1) is 11.1 Å². The summed E-state index contributed by atoms with van der Waals surface area (Å²) in [5.41, 5.74) is 0.140. The molecule has 7 nitrogen and oxygen atoms in total. The van der Waals surface area contributed by atoms with Gasteiger partial charge in [0.15, 0.2) is 5.75 Å². The number of pyridine rings is 2. The number of carbonyl (C=O) groups is 1. The molecule has 1 aliphatic carbocycles. The summed E-state index contributed by atoms with van der Waals surface area (Å²) in [6.45, 7) is 0.0243. The van der Waals surface area contributed by atoms with E-state index in [1.165, 1.54) is 23.7 Å². The van der Waals surface area contributed by atoms with Crippen molar-refractivity contribution in [3.8, 4) is 5.75 Å². The highest BCUT2D eigenvalue weighted by Crippen LogP contribution is 2.28. The van der Waals surface area contributed by atoms with Crippen LogP contribution in [0.3, 0.4) is 0 Å². The van der Waals surface area contributed by atoms with Crippen molar-refractivity contribution in [3.63, 3.8) is 0 Å². The molecule has 0 aliphatic heterocycles. The van der Waals surface area contributed by atoms with E-state index >= 15 is 0 Å². The topological polar surface area (TPSA) is 104 Å². The van der Waals surface area contributed by atoms with Gasteiger partial charge in [-0.3, -0.25) is 14.6 Å². The first-order valence-electron chi connectivity index (χ1n) is 10.7. The maximum Gasteiger partial charge on any atom is 0.267 e. The van der Waals surface area contributed by atoms with Crippen LogP contribution in [0.4, 0.5) is 4.39 Å². The molecule has 1 amide bonds. The van der Waals surface area contributed by atoms with Crippen molar-refractivity contribution in [1.82, 2.24) is 14.9 Å². The van der Waals surface area contributed by atoms with Crippen LogP contribution in [0, 0.1) is 5.82 Å². The second-order valence-electron chi connectivity index (χ2n) is 8.57. The van der Waals surface area contributed by atoms with Crippen molar-refractivity contribution >= 4 is 16.9 Å². The van der Waals surface area contributed by atoms with Gasteiger partial charge in [-0.2, -0.15) is 0 Å². The lowest BCUT2D eigenvalue weighted by Gasteiger charge is -2.32. The van der Waals surface area contributed by atoms with Crippen LogP contribution < -0.4 is 10.9 Å². The Morgan fingerprint density at radius 3 is 2.56 bits per heavy atom. The summed E-state index contributed by atoms with van der Waals surface area (Å²) in [7, 11) is 1.51. The normalized spacial score (nSPS) is 15.6. The molecule has 2 heterocycles. The summed E-state index contributed by atoms with van der Waals surface area (Å²) >= 11 is 0. The van der Waals surface area contributed by atoms with Crippen LogP contribution in [0.1, 0.15) is 53.6 Å². The third kappa shape index (κ3) is 4.36. The number of fused-ring (bicyclic) bond motifs is 1. The van der Waals surface area contributed by atoms with Gasteiger partial charge in [0.2, 0.25) is 0 Å². The largest absolute Gasteiger partial charge is 0.505 e. The van der Waals surface area contributed by atoms with Crippen molar-refractivity contribution in [1.29, 1.82) is 0 Å². The standard InChI is InChI=1S/C24H26FN3O4/c1-28-18-12-16(11-15-5-7-17(25)8-6-15)13-26-20(18)21(29)19(23(28)31)22(30)27-14-24(32)9-3-2-4-10-24/h5-8,12-13,29,32H,2-4,9-11,14H2,1H3,(H,27,30). The number of benzene rings is 1. The second kappa shape index (κ2) is 8.70. The first-order valence-corrected chi connectivity index (χ1v) is 10.7. The van der Waals surface area contributed by atoms with Gasteiger partial charge in [0.1, 0.15) is 16.9 Å². The predicted molar refractivity (Wildman–Crippen MR) is 118 cm³/mol. The summed E-state index contributed by atoms with van der Waals surface area (Å²) in [5.74, 6) is -1.54. The van der Waals surface area contributed by atoms with Gasteiger partial charge in [0.25, 0.3) is 11.5 Å². The lowest BCUT2D eigenvalue weighted by Crippen LogP contribution is -2.45. The number of nitrogens with zero attached hydrogens (tertiary/aromatic N) is 2. The highest BCUT2D eigenvalue weighted by Gasteiger charge is 2.31. The molecule has 0 saturated heterocycles. The van der Waals surface area contributed by atoms with Crippen LogP contribution in [0.15, 0.2) is 41.3 Å². The number of nitrogens with one attached hydrogen (secondary N) is 1. The molecule has 0 unspecified atom stereocenters. The van der Waals surface area contributed by atoms with Crippen molar-refractivity contribution in [2.24, 2.45) is 7.05 Å². The van der Waals surface area contributed by atoms with Gasteiger partial charge in [-0.1, -0.05) is 31.4 Å². The van der Waals surface area contributed by atoms with Crippen LogP contribution >= 0.6 is 0 Å². The monoisotopic (exact) mass is 439 g/mol. The van der Waals surface area contributed by atoms with E-state index in [1.54, 1.807) is 24.4 Å². The lowest BCUT2D eigenvalue weighted by molar-refractivity contribution is 0.00521. The molecule has 0 spiro atoms. The quantitative estimate of drug-likeness (QED) is 0.567. The second-order valence-corrected chi connectivity index (χ2v) is 8.57. The number of aryl methyl sites for hydroxylation is 1. The third-order valence-corrected chi connectivity index (χ3v) is 6.18. The summed E-state index contributed by atoms with van der Waals surface area (Å²) in [5, 5.41) is 23.9. The minimum atomic E-state index is -0.987. The Labute approximate surface area is 184 Å². The highest BCUT2D eigenvalue weighted by molar-refractivity contribution is 6.01. The maximum absolute atomic E-state index is 13.1. The Morgan fingerprint density at radius 1 is 1.19 bits per heavy atom. The summed E-state index contributed by atoms with van der Waals surface area (Å²) < 4.78 is 14.4. The number of aromatic nitrogens is 2. The van der Waals surface area contributed by atoms with E-state index in [0.717, 1.165) is 30.4 Å². The molecule has 1 fully saturated rings. The Hall–Kier alpha value is -3.26. The van der Waals surface area contributed by atoms with Gasteiger partial charge >= 0.3 is 0 Å². The molecule has 3 N–H and O–H groups in total. The number of halogens is 1. The van der Waals surface area contributed by atoms with E-state index in [1.807, 2.05) is 0 Å². The minimum absolute atomic E-state index is 0.0243. The molecule has 0 radical (unpaired) electrons. The molecule has 8 heteroatoms. The first-order chi connectivity index (χ1) is 15.3. The fourth-order valence-electron chi connectivity index (χ4n) is 4.29. The summed E-state index contributed by atoms with van der Waals surface area (Å²) in [6.07, 6.45) is 6.04. The minimum Gasteiger partial charge on any atom is -0.505 e. The Bertz CT molecular complexity index is 1210.